The Hall–Kier alpha value is -3.82. The Balaban J connectivity index is 2.06. The number of benzene rings is 3. The molecule has 0 spiro atoms. The van der Waals surface area contributed by atoms with Crippen LogP contribution in [-0.4, -0.2) is 23.0 Å². The van der Waals surface area contributed by atoms with Gasteiger partial charge in [0.15, 0.2) is 0 Å². The molecule has 3 rings (SSSR count). The zero-order valence-electron chi connectivity index (χ0n) is 17.2. The minimum atomic E-state index is -5.15. The molecule has 1 amide bonds. The van der Waals surface area contributed by atoms with E-state index >= 15 is 0 Å². The highest BCUT2D eigenvalue weighted by Gasteiger charge is 2.38. The molecule has 4 nitrogen and oxygen atoms in total. The normalized spacial score (nSPS) is 12.9. The van der Waals surface area contributed by atoms with Gasteiger partial charge in [-0.15, -0.1) is 0 Å². The molecule has 0 bridgehead atoms. The monoisotopic (exact) mass is 481 g/mol. The number of aliphatic carboxylic acids is 1. The third-order valence-electron chi connectivity index (χ3n) is 5.05. The lowest BCUT2D eigenvalue weighted by atomic mass is 9.84. The first-order valence-electron chi connectivity index (χ1n) is 9.81. The van der Waals surface area contributed by atoms with E-state index in [4.69, 9.17) is 0 Å². The third-order valence-corrected chi connectivity index (χ3v) is 5.05. The van der Waals surface area contributed by atoms with Crippen LogP contribution >= 0.6 is 0 Å². The van der Waals surface area contributed by atoms with E-state index in [2.05, 4.69) is 5.32 Å². The minimum Gasteiger partial charge on any atom is -0.480 e. The van der Waals surface area contributed by atoms with Crippen LogP contribution in [0.2, 0.25) is 0 Å². The SMILES string of the molecule is O=C(N[C@H](C(=O)O)C(c1ccccc1)c1ccccc1)c1cc(C(F)(F)F)cc(C(F)(F)F)c1. The van der Waals surface area contributed by atoms with Crippen LogP contribution in [0.4, 0.5) is 26.3 Å². The highest BCUT2D eigenvalue weighted by molar-refractivity contribution is 5.97. The Kier molecular flexibility index (Phi) is 6.99. The van der Waals surface area contributed by atoms with Gasteiger partial charge in [-0.3, -0.25) is 4.79 Å². The van der Waals surface area contributed by atoms with Crippen LogP contribution in [0.15, 0.2) is 78.9 Å². The van der Waals surface area contributed by atoms with E-state index in [-0.39, 0.29) is 18.2 Å². The first-order chi connectivity index (χ1) is 15.9. The average molecular weight is 481 g/mol. The summed E-state index contributed by atoms with van der Waals surface area (Å²) in [4.78, 5) is 24.9. The zero-order valence-corrected chi connectivity index (χ0v) is 17.2. The number of hydrogen-bond acceptors (Lipinski definition) is 2. The van der Waals surface area contributed by atoms with Gasteiger partial charge in [-0.25, -0.2) is 4.79 Å². The largest absolute Gasteiger partial charge is 0.480 e. The fraction of sp³-hybridized carbons (Fsp3) is 0.167. The topological polar surface area (TPSA) is 66.4 Å². The van der Waals surface area contributed by atoms with E-state index in [1.165, 1.54) is 0 Å². The van der Waals surface area contributed by atoms with Crippen LogP contribution in [0.25, 0.3) is 0 Å². The van der Waals surface area contributed by atoms with Gasteiger partial charge in [0.2, 0.25) is 0 Å². The molecule has 0 aliphatic rings. The quantitative estimate of drug-likeness (QED) is 0.442. The van der Waals surface area contributed by atoms with Gasteiger partial charge in [-0.05, 0) is 29.3 Å². The van der Waals surface area contributed by atoms with Gasteiger partial charge in [0.25, 0.3) is 5.91 Å². The van der Waals surface area contributed by atoms with Gasteiger partial charge in [-0.1, -0.05) is 60.7 Å². The van der Waals surface area contributed by atoms with Crippen LogP contribution < -0.4 is 5.32 Å². The van der Waals surface area contributed by atoms with Crippen molar-refractivity contribution in [2.24, 2.45) is 0 Å². The van der Waals surface area contributed by atoms with E-state index in [1.807, 2.05) is 0 Å². The third kappa shape index (κ3) is 5.75. The number of carbonyl (C=O) groups excluding carboxylic acids is 1. The predicted octanol–water partition coefficient (Wildman–Crippen LogP) is 5.74. The van der Waals surface area contributed by atoms with Crippen LogP contribution in [-0.2, 0) is 17.1 Å². The maximum absolute atomic E-state index is 13.2. The Morgan fingerprint density at radius 1 is 0.706 bits per heavy atom. The highest BCUT2D eigenvalue weighted by Crippen LogP contribution is 2.36. The maximum atomic E-state index is 13.2. The molecule has 0 fully saturated rings. The molecule has 0 aliphatic heterocycles. The summed E-state index contributed by atoms with van der Waals surface area (Å²) in [7, 11) is 0. The van der Waals surface area contributed by atoms with Gasteiger partial charge in [-0.2, -0.15) is 26.3 Å². The van der Waals surface area contributed by atoms with E-state index in [0.717, 1.165) is 0 Å². The molecule has 0 aliphatic carbocycles. The van der Waals surface area contributed by atoms with Crippen molar-refractivity contribution in [3.63, 3.8) is 0 Å². The van der Waals surface area contributed by atoms with Crippen molar-refractivity contribution in [2.75, 3.05) is 0 Å². The van der Waals surface area contributed by atoms with Crippen LogP contribution in [0, 0.1) is 0 Å². The van der Waals surface area contributed by atoms with Crippen molar-refractivity contribution in [3.05, 3.63) is 107 Å². The molecule has 0 unspecified atom stereocenters. The fourth-order valence-electron chi connectivity index (χ4n) is 3.50. The molecule has 1 atom stereocenters. The van der Waals surface area contributed by atoms with E-state index in [1.54, 1.807) is 60.7 Å². The molecule has 0 saturated carbocycles. The van der Waals surface area contributed by atoms with Gasteiger partial charge in [0.05, 0.1) is 11.1 Å². The first-order valence-corrected chi connectivity index (χ1v) is 9.81. The lowest BCUT2D eigenvalue weighted by Crippen LogP contribution is -2.45. The van der Waals surface area contributed by atoms with Crippen molar-refractivity contribution >= 4 is 11.9 Å². The van der Waals surface area contributed by atoms with Gasteiger partial charge >= 0.3 is 18.3 Å². The number of carboxylic acids is 1. The second-order valence-electron chi connectivity index (χ2n) is 7.38. The summed E-state index contributed by atoms with van der Waals surface area (Å²) in [6.45, 7) is 0. The number of nitrogens with one attached hydrogen (secondary N) is 1. The number of alkyl halides is 6. The predicted molar refractivity (Wildman–Crippen MR) is 110 cm³/mol. The van der Waals surface area contributed by atoms with Crippen LogP contribution in [0.5, 0.6) is 0 Å². The Bertz CT molecular complexity index is 1090. The number of hydrogen-bond donors (Lipinski definition) is 2. The maximum Gasteiger partial charge on any atom is 0.416 e. The second kappa shape index (κ2) is 9.58. The molecule has 178 valence electrons. The van der Waals surface area contributed by atoms with Crippen molar-refractivity contribution in [3.8, 4) is 0 Å². The first kappa shape index (κ1) is 24.8. The Morgan fingerprint density at radius 2 is 1.12 bits per heavy atom. The molecule has 34 heavy (non-hydrogen) atoms. The molecule has 10 heteroatoms. The van der Waals surface area contributed by atoms with E-state index in [0.29, 0.717) is 11.1 Å². The van der Waals surface area contributed by atoms with E-state index < -0.39 is 52.9 Å². The smallest absolute Gasteiger partial charge is 0.416 e. The molecular weight excluding hydrogens is 464 g/mol. The molecule has 2 N–H and O–H groups in total. The standard InChI is InChI=1S/C24H17F6NO3/c25-23(26,27)17-11-16(12-18(13-17)24(28,29)30)21(32)31-20(22(33)34)19(14-7-3-1-4-8-14)15-9-5-2-6-10-15/h1-13,19-20H,(H,31,32)(H,33,34)/t20-/m0/s1. The fourth-order valence-corrected chi connectivity index (χ4v) is 3.50. The van der Waals surface area contributed by atoms with Crippen molar-refractivity contribution in [2.45, 2.75) is 24.3 Å². The van der Waals surface area contributed by atoms with E-state index in [9.17, 15) is 41.0 Å². The van der Waals surface area contributed by atoms with Gasteiger partial charge < -0.3 is 10.4 Å². The molecule has 0 radical (unpaired) electrons. The summed E-state index contributed by atoms with van der Waals surface area (Å²) >= 11 is 0. The molecule has 3 aromatic rings. The number of rotatable bonds is 6. The van der Waals surface area contributed by atoms with Crippen molar-refractivity contribution in [1.29, 1.82) is 0 Å². The summed E-state index contributed by atoms with van der Waals surface area (Å²) < 4.78 is 79.0. The number of carbonyl (C=O) groups is 2. The Labute approximate surface area is 189 Å². The number of halogens is 6. The lowest BCUT2D eigenvalue weighted by Gasteiger charge is -2.26. The number of amides is 1. The minimum absolute atomic E-state index is 0.109. The van der Waals surface area contributed by atoms with Crippen molar-refractivity contribution in [1.82, 2.24) is 5.32 Å². The Morgan fingerprint density at radius 3 is 1.47 bits per heavy atom. The molecule has 0 heterocycles. The van der Waals surface area contributed by atoms with Crippen molar-refractivity contribution < 1.29 is 41.0 Å². The molecule has 0 saturated heterocycles. The summed E-state index contributed by atoms with van der Waals surface area (Å²) in [6, 6.07) is 15.0. The molecule has 0 aromatic heterocycles. The summed E-state index contributed by atoms with van der Waals surface area (Å²) in [5.74, 6) is -3.88. The van der Waals surface area contributed by atoms with Crippen LogP contribution in [0.1, 0.15) is 38.5 Å². The summed E-state index contributed by atoms with van der Waals surface area (Å²) in [6.07, 6.45) is -10.3. The summed E-state index contributed by atoms with van der Waals surface area (Å²) in [5.41, 5.74) is -3.37. The van der Waals surface area contributed by atoms with Gasteiger partial charge in [0, 0.05) is 11.5 Å². The zero-order chi connectivity index (χ0) is 25.1. The molecular formula is C24H17F6NO3. The second-order valence-corrected chi connectivity index (χ2v) is 7.38. The van der Waals surface area contributed by atoms with Gasteiger partial charge in [0.1, 0.15) is 6.04 Å². The lowest BCUT2D eigenvalue weighted by molar-refractivity contribution is -0.143. The highest BCUT2D eigenvalue weighted by atomic mass is 19.4. The number of carboxylic acid groups (broad SMARTS) is 1. The average Bonchev–Trinajstić information content (AvgIpc) is 2.78. The van der Waals surface area contributed by atoms with Crippen LogP contribution in [0.3, 0.4) is 0 Å². The summed E-state index contributed by atoms with van der Waals surface area (Å²) in [5, 5.41) is 12.0. The molecule has 3 aromatic carbocycles.